The van der Waals surface area contributed by atoms with Crippen LogP contribution in [0.5, 0.6) is 0 Å². The lowest BCUT2D eigenvalue weighted by molar-refractivity contribution is -0.136. The van der Waals surface area contributed by atoms with E-state index in [4.69, 9.17) is 16.3 Å². The number of rotatable bonds is 3. The molecule has 4 rings (SSSR count). The van der Waals surface area contributed by atoms with Crippen LogP contribution in [0.25, 0.3) is 0 Å². The lowest BCUT2D eigenvalue weighted by Gasteiger charge is -2.40. The molecule has 0 aromatic heterocycles. The molecule has 3 aliphatic heterocycles. The Morgan fingerprint density at radius 2 is 1.88 bits per heavy atom. The zero-order valence-electron chi connectivity index (χ0n) is 14.5. The molecule has 1 aromatic rings. The molecule has 0 bridgehead atoms. The minimum Gasteiger partial charge on any atom is -0.381 e. The van der Waals surface area contributed by atoms with E-state index in [2.05, 4.69) is 21.2 Å². The lowest BCUT2D eigenvalue weighted by atomic mass is 10.00. The molecule has 25 heavy (non-hydrogen) atoms. The van der Waals surface area contributed by atoms with Gasteiger partial charge in [-0.05, 0) is 30.9 Å². The number of hydrogen-bond donors (Lipinski definition) is 1. The van der Waals surface area contributed by atoms with Crippen molar-refractivity contribution in [3.05, 3.63) is 34.9 Å². The third-order valence-electron chi connectivity index (χ3n) is 5.79. The smallest absolute Gasteiger partial charge is 0.240 e. The van der Waals surface area contributed by atoms with Crippen molar-refractivity contribution in [3.8, 4) is 0 Å². The minimum absolute atomic E-state index is 0.0220. The fourth-order valence-corrected chi connectivity index (χ4v) is 4.74. The van der Waals surface area contributed by atoms with Crippen molar-refractivity contribution >= 4 is 17.5 Å². The van der Waals surface area contributed by atoms with Crippen LogP contribution in [0.2, 0.25) is 5.02 Å². The predicted octanol–water partition coefficient (Wildman–Crippen LogP) is 2.07. The maximum absolute atomic E-state index is 13.2. The van der Waals surface area contributed by atoms with Crippen LogP contribution in [0.1, 0.15) is 30.9 Å². The molecular formula is C19H26ClN3O2. The Hall–Kier alpha value is -1.14. The first kappa shape index (κ1) is 17.3. The van der Waals surface area contributed by atoms with Crippen molar-refractivity contribution < 1.29 is 9.53 Å². The molecule has 136 valence electrons. The van der Waals surface area contributed by atoms with Crippen molar-refractivity contribution in [3.63, 3.8) is 0 Å². The maximum atomic E-state index is 13.2. The second-order valence-corrected chi connectivity index (χ2v) is 7.57. The highest BCUT2D eigenvalue weighted by molar-refractivity contribution is 6.31. The Bertz CT molecular complexity index is 620. The number of carbonyl (C=O) groups is 1. The van der Waals surface area contributed by atoms with Crippen LogP contribution in [0.4, 0.5) is 0 Å². The molecule has 0 radical (unpaired) electrons. The number of carbonyl (C=O) groups excluding carboxylic acids is 1. The second-order valence-electron chi connectivity index (χ2n) is 7.16. The van der Waals surface area contributed by atoms with E-state index in [0.29, 0.717) is 11.9 Å². The zero-order chi connectivity index (χ0) is 17.2. The summed E-state index contributed by atoms with van der Waals surface area (Å²) in [6.07, 6.45) is 2.85. The average molecular weight is 364 g/mol. The Morgan fingerprint density at radius 1 is 1.08 bits per heavy atom. The van der Waals surface area contributed by atoms with Gasteiger partial charge >= 0.3 is 0 Å². The summed E-state index contributed by atoms with van der Waals surface area (Å²) in [4.78, 5) is 17.6. The van der Waals surface area contributed by atoms with Crippen LogP contribution < -0.4 is 5.32 Å². The fourth-order valence-electron chi connectivity index (χ4n) is 4.48. The van der Waals surface area contributed by atoms with Crippen molar-refractivity contribution in [2.75, 3.05) is 39.4 Å². The number of piperazine rings is 1. The highest BCUT2D eigenvalue weighted by atomic mass is 35.5. The molecule has 1 amide bonds. The molecule has 0 spiro atoms. The number of nitrogens with one attached hydrogen (secondary N) is 1. The molecule has 3 aliphatic rings. The molecular weight excluding hydrogens is 338 g/mol. The average Bonchev–Trinajstić information content (AvgIpc) is 3.04. The van der Waals surface area contributed by atoms with Crippen LogP contribution in [0.3, 0.4) is 0 Å². The van der Waals surface area contributed by atoms with Gasteiger partial charge in [0.25, 0.3) is 0 Å². The maximum Gasteiger partial charge on any atom is 0.240 e. The highest BCUT2D eigenvalue weighted by Crippen LogP contribution is 2.33. The van der Waals surface area contributed by atoms with E-state index >= 15 is 0 Å². The standard InChI is InChI=1S/C19H26ClN3O2/c20-16-4-2-1-3-15(16)18-13-21-8-10-23(18)17-5-9-22(19(17)24)14-6-11-25-12-7-14/h1-4,14,17-18,21H,5-13H2. The van der Waals surface area contributed by atoms with Crippen molar-refractivity contribution in [2.24, 2.45) is 0 Å². The van der Waals surface area contributed by atoms with Gasteiger partial charge in [-0.15, -0.1) is 0 Å². The SMILES string of the molecule is O=C1C(N2CCNCC2c2ccccc2Cl)CCN1C1CCOCC1. The monoisotopic (exact) mass is 363 g/mol. The number of halogens is 1. The summed E-state index contributed by atoms with van der Waals surface area (Å²) in [6.45, 7) is 5.05. The van der Waals surface area contributed by atoms with E-state index in [-0.39, 0.29) is 12.1 Å². The van der Waals surface area contributed by atoms with Gasteiger partial charge in [0.05, 0.1) is 6.04 Å². The number of amides is 1. The molecule has 3 saturated heterocycles. The molecule has 3 heterocycles. The van der Waals surface area contributed by atoms with Crippen molar-refractivity contribution in [1.82, 2.24) is 15.1 Å². The molecule has 2 unspecified atom stereocenters. The normalized spacial score (nSPS) is 29.3. The summed E-state index contributed by atoms with van der Waals surface area (Å²) in [5.74, 6) is 0.297. The van der Waals surface area contributed by atoms with Crippen LogP contribution in [-0.2, 0) is 9.53 Å². The van der Waals surface area contributed by atoms with Gasteiger partial charge < -0.3 is 15.0 Å². The van der Waals surface area contributed by atoms with Gasteiger partial charge in [0.1, 0.15) is 0 Å². The Balaban J connectivity index is 1.53. The first-order chi connectivity index (χ1) is 12.3. The van der Waals surface area contributed by atoms with E-state index in [1.165, 1.54) is 0 Å². The van der Waals surface area contributed by atoms with Gasteiger partial charge in [0.15, 0.2) is 0 Å². The molecule has 1 N–H and O–H groups in total. The first-order valence-electron chi connectivity index (χ1n) is 9.35. The Labute approximate surface area is 154 Å². The molecule has 3 fully saturated rings. The second kappa shape index (κ2) is 7.62. The van der Waals surface area contributed by atoms with Gasteiger partial charge in [-0.25, -0.2) is 0 Å². The van der Waals surface area contributed by atoms with E-state index < -0.39 is 0 Å². The van der Waals surface area contributed by atoms with Gasteiger partial charge in [-0.2, -0.15) is 0 Å². The van der Waals surface area contributed by atoms with E-state index in [1.54, 1.807) is 0 Å². The largest absolute Gasteiger partial charge is 0.381 e. The summed E-state index contributed by atoms with van der Waals surface area (Å²) < 4.78 is 5.45. The lowest BCUT2D eigenvalue weighted by Crippen LogP contribution is -2.53. The summed E-state index contributed by atoms with van der Waals surface area (Å²) >= 11 is 6.45. The van der Waals surface area contributed by atoms with Crippen LogP contribution >= 0.6 is 11.6 Å². The van der Waals surface area contributed by atoms with Crippen molar-refractivity contribution in [2.45, 2.75) is 37.4 Å². The molecule has 6 heteroatoms. The number of benzene rings is 1. The van der Waals surface area contributed by atoms with Gasteiger partial charge in [-0.3, -0.25) is 9.69 Å². The molecule has 0 aliphatic carbocycles. The van der Waals surface area contributed by atoms with Crippen LogP contribution in [-0.4, -0.2) is 67.2 Å². The first-order valence-corrected chi connectivity index (χ1v) is 9.72. The highest BCUT2D eigenvalue weighted by Gasteiger charge is 2.42. The fraction of sp³-hybridized carbons (Fsp3) is 0.632. The number of ether oxygens (including phenoxy) is 1. The molecule has 0 saturated carbocycles. The summed E-state index contributed by atoms with van der Waals surface area (Å²) in [6, 6.07) is 8.50. The Kier molecular flexibility index (Phi) is 5.27. The van der Waals surface area contributed by atoms with Gasteiger partial charge in [0.2, 0.25) is 5.91 Å². The van der Waals surface area contributed by atoms with Crippen LogP contribution in [0.15, 0.2) is 24.3 Å². The van der Waals surface area contributed by atoms with Gasteiger partial charge in [-0.1, -0.05) is 29.8 Å². The zero-order valence-corrected chi connectivity index (χ0v) is 15.3. The Morgan fingerprint density at radius 3 is 2.68 bits per heavy atom. The molecule has 2 atom stereocenters. The predicted molar refractivity (Wildman–Crippen MR) is 97.7 cm³/mol. The topological polar surface area (TPSA) is 44.8 Å². The molecule has 5 nitrogen and oxygen atoms in total. The minimum atomic E-state index is -0.0220. The molecule has 1 aromatic carbocycles. The third-order valence-corrected chi connectivity index (χ3v) is 6.14. The van der Waals surface area contributed by atoms with E-state index in [1.807, 2.05) is 18.2 Å². The summed E-state index contributed by atoms with van der Waals surface area (Å²) in [5, 5.41) is 4.25. The third kappa shape index (κ3) is 3.43. The van der Waals surface area contributed by atoms with E-state index in [9.17, 15) is 4.79 Å². The number of likely N-dealkylation sites (tertiary alicyclic amines) is 1. The van der Waals surface area contributed by atoms with E-state index in [0.717, 1.165) is 69.2 Å². The summed E-state index contributed by atoms with van der Waals surface area (Å²) in [7, 11) is 0. The van der Waals surface area contributed by atoms with Gasteiger partial charge in [0, 0.05) is 56.5 Å². The summed E-state index contributed by atoms with van der Waals surface area (Å²) in [5.41, 5.74) is 1.12. The van der Waals surface area contributed by atoms with Crippen molar-refractivity contribution in [1.29, 1.82) is 0 Å². The number of hydrogen-bond acceptors (Lipinski definition) is 4. The quantitative estimate of drug-likeness (QED) is 0.893. The number of nitrogens with zero attached hydrogens (tertiary/aromatic N) is 2. The van der Waals surface area contributed by atoms with Crippen LogP contribution in [0, 0.1) is 0 Å².